The second-order valence-electron chi connectivity index (χ2n) is 9.21. The summed E-state index contributed by atoms with van der Waals surface area (Å²) in [6.45, 7) is 0.616. The van der Waals surface area contributed by atoms with Crippen molar-refractivity contribution >= 4 is 38.4 Å². The van der Waals surface area contributed by atoms with Gasteiger partial charge in [0.15, 0.2) is 0 Å². The smallest absolute Gasteiger partial charge is 0.0995 e. The summed E-state index contributed by atoms with van der Waals surface area (Å²) in [4.78, 5) is 4.73. The molecule has 6 rings (SSSR count). The number of fused-ring (bicyclic) bond motifs is 4. The zero-order valence-electron chi connectivity index (χ0n) is 20.6. The Morgan fingerprint density at radius 3 is 2.62 bits per heavy atom. The fraction of sp³-hybridized carbons (Fsp3) is 0.125. The van der Waals surface area contributed by atoms with Gasteiger partial charge in [-0.1, -0.05) is 48.5 Å². The average molecular weight is 483 g/mol. The number of nitriles is 1. The number of nitrogen functional groups attached to an aromatic ring is 1. The van der Waals surface area contributed by atoms with E-state index in [1.54, 1.807) is 7.11 Å². The SMILES string of the molecule is COCCCc1c(C#N)ccc(N)c1-n1c2ccccc2c2c(-c3cnc4ccccc4c3)cccc21. The fourth-order valence-electron chi connectivity index (χ4n) is 5.39. The quantitative estimate of drug-likeness (QED) is 0.204. The third-order valence-corrected chi connectivity index (χ3v) is 7.03. The van der Waals surface area contributed by atoms with Crippen molar-refractivity contribution in [1.29, 1.82) is 5.26 Å². The number of hydrogen-bond acceptors (Lipinski definition) is 4. The number of nitrogens with two attached hydrogens (primary N) is 1. The molecule has 5 heteroatoms. The molecule has 0 aliphatic carbocycles. The van der Waals surface area contributed by atoms with Gasteiger partial charge in [0, 0.05) is 41.6 Å². The number of benzene rings is 4. The minimum atomic E-state index is 0.616. The van der Waals surface area contributed by atoms with Crippen molar-refractivity contribution in [3.05, 3.63) is 102 Å². The van der Waals surface area contributed by atoms with Crippen LogP contribution >= 0.6 is 0 Å². The molecule has 0 spiro atoms. The molecule has 0 bridgehead atoms. The normalized spacial score (nSPS) is 11.4. The molecule has 6 aromatic rings. The lowest BCUT2D eigenvalue weighted by molar-refractivity contribution is 0.195. The van der Waals surface area contributed by atoms with Gasteiger partial charge in [0.05, 0.1) is 39.6 Å². The third-order valence-electron chi connectivity index (χ3n) is 7.03. The van der Waals surface area contributed by atoms with E-state index in [1.165, 1.54) is 0 Å². The van der Waals surface area contributed by atoms with E-state index < -0.39 is 0 Å². The minimum absolute atomic E-state index is 0.616. The molecule has 4 aromatic carbocycles. The van der Waals surface area contributed by atoms with Gasteiger partial charge in [0.2, 0.25) is 0 Å². The molecular weight excluding hydrogens is 456 g/mol. The molecule has 180 valence electrons. The van der Waals surface area contributed by atoms with Gasteiger partial charge in [-0.3, -0.25) is 4.98 Å². The van der Waals surface area contributed by atoms with Crippen LogP contribution < -0.4 is 5.73 Å². The number of nitrogens with zero attached hydrogens (tertiary/aromatic N) is 3. The fourth-order valence-corrected chi connectivity index (χ4v) is 5.39. The van der Waals surface area contributed by atoms with Gasteiger partial charge in [-0.25, -0.2) is 0 Å². The highest BCUT2D eigenvalue weighted by Gasteiger charge is 2.21. The van der Waals surface area contributed by atoms with Crippen molar-refractivity contribution in [2.24, 2.45) is 0 Å². The molecule has 0 atom stereocenters. The number of ether oxygens (including phenoxy) is 1. The van der Waals surface area contributed by atoms with Crippen LogP contribution in [0.3, 0.4) is 0 Å². The first-order chi connectivity index (χ1) is 18.2. The molecule has 0 amide bonds. The molecule has 0 saturated heterocycles. The minimum Gasteiger partial charge on any atom is -0.397 e. The highest BCUT2D eigenvalue weighted by Crippen LogP contribution is 2.41. The Morgan fingerprint density at radius 1 is 0.946 bits per heavy atom. The summed E-state index contributed by atoms with van der Waals surface area (Å²) in [5.74, 6) is 0. The zero-order chi connectivity index (χ0) is 25.4. The van der Waals surface area contributed by atoms with Gasteiger partial charge in [0.25, 0.3) is 0 Å². The van der Waals surface area contributed by atoms with E-state index in [0.717, 1.165) is 61.5 Å². The van der Waals surface area contributed by atoms with Crippen LogP contribution in [0.4, 0.5) is 5.69 Å². The van der Waals surface area contributed by atoms with Crippen LogP contribution in [0.1, 0.15) is 17.5 Å². The Kier molecular flexibility index (Phi) is 5.80. The lowest BCUT2D eigenvalue weighted by Gasteiger charge is -2.18. The number of anilines is 1. The van der Waals surface area contributed by atoms with Crippen molar-refractivity contribution in [3.8, 4) is 22.9 Å². The van der Waals surface area contributed by atoms with Crippen LogP contribution in [0.2, 0.25) is 0 Å². The monoisotopic (exact) mass is 482 g/mol. The summed E-state index contributed by atoms with van der Waals surface area (Å²) in [6, 6.07) is 31.2. The maximum Gasteiger partial charge on any atom is 0.0995 e. The van der Waals surface area contributed by atoms with Crippen molar-refractivity contribution < 1.29 is 4.74 Å². The third kappa shape index (κ3) is 3.79. The summed E-state index contributed by atoms with van der Waals surface area (Å²) in [5.41, 5.74) is 15.0. The summed E-state index contributed by atoms with van der Waals surface area (Å²) >= 11 is 0. The van der Waals surface area contributed by atoms with Gasteiger partial charge in [0.1, 0.15) is 0 Å². The largest absolute Gasteiger partial charge is 0.397 e. The maximum absolute atomic E-state index is 9.96. The van der Waals surface area contributed by atoms with Gasteiger partial charge < -0.3 is 15.0 Å². The molecule has 37 heavy (non-hydrogen) atoms. The maximum atomic E-state index is 9.96. The van der Waals surface area contributed by atoms with E-state index in [9.17, 15) is 5.26 Å². The van der Waals surface area contributed by atoms with E-state index in [1.807, 2.05) is 42.6 Å². The molecule has 2 N–H and O–H groups in total. The molecule has 0 saturated carbocycles. The second kappa shape index (κ2) is 9.42. The number of methoxy groups -OCH3 is 1. The summed E-state index contributed by atoms with van der Waals surface area (Å²) in [5, 5.41) is 13.3. The average Bonchev–Trinajstić information content (AvgIpc) is 3.27. The van der Waals surface area contributed by atoms with E-state index >= 15 is 0 Å². The summed E-state index contributed by atoms with van der Waals surface area (Å²) in [7, 11) is 1.70. The van der Waals surface area contributed by atoms with Crippen LogP contribution in [0.5, 0.6) is 0 Å². The number of aromatic nitrogens is 2. The first-order valence-corrected chi connectivity index (χ1v) is 12.4. The number of para-hydroxylation sites is 2. The van der Waals surface area contributed by atoms with Crippen LogP contribution in [-0.2, 0) is 11.2 Å². The summed E-state index contributed by atoms with van der Waals surface area (Å²) < 4.78 is 7.53. The Balaban J connectivity index is 1.68. The Labute approximate surface area is 215 Å². The van der Waals surface area contributed by atoms with Crippen LogP contribution in [0.25, 0.3) is 49.5 Å². The van der Waals surface area contributed by atoms with E-state index in [0.29, 0.717) is 24.3 Å². The molecular formula is C32H26N4O. The molecule has 0 aliphatic heterocycles. The summed E-state index contributed by atoms with van der Waals surface area (Å²) in [6.07, 6.45) is 3.44. The molecule has 0 aliphatic rings. The molecule has 2 heterocycles. The highest BCUT2D eigenvalue weighted by molar-refractivity contribution is 6.16. The van der Waals surface area contributed by atoms with Gasteiger partial charge >= 0.3 is 0 Å². The molecule has 5 nitrogen and oxygen atoms in total. The highest BCUT2D eigenvalue weighted by atomic mass is 16.5. The van der Waals surface area contributed by atoms with Crippen molar-refractivity contribution in [2.45, 2.75) is 12.8 Å². The number of hydrogen-bond donors (Lipinski definition) is 1. The Hall–Kier alpha value is -4.66. The first-order valence-electron chi connectivity index (χ1n) is 12.4. The van der Waals surface area contributed by atoms with E-state index in [-0.39, 0.29) is 0 Å². The van der Waals surface area contributed by atoms with Gasteiger partial charge in [-0.05, 0) is 60.4 Å². The Morgan fingerprint density at radius 2 is 1.76 bits per heavy atom. The molecule has 0 fully saturated rings. The number of pyridine rings is 1. The van der Waals surface area contributed by atoms with Gasteiger partial charge in [-0.15, -0.1) is 0 Å². The van der Waals surface area contributed by atoms with E-state index in [2.05, 4.69) is 59.2 Å². The lowest BCUT2D eigenvalue weighted by atomic mass is 9.99. The van der Waals surface area contributed by atoms with Crippen molar-refractivity contribution in [2.75, 3.05) is 19.5 Å². The predicted octanol–water partition coefficient (Wildman–Crippen LogP) is 7.03. The zero-order valence-corrected chi connectivity index (χ0v) is 20.6. The number of rotatable bonds is 6. The second-order valence-corrected chi connectivity index (χ2v) is 9.21. The lowest BCUT2D eigenvalue weighted by Crippen LogP contribution is -2.07. The first kappa shape index (κ1) is 22.8. The standard InChI is InChI=1S/C32H26N4O/c1-37-17-7-11-25-22(19-33)15-16-27(34)32(25)36-29-13-5-3-9-26(29)31-24(10-6-14-30(31)36)23-18-21-8-2-4-12-28(21)35-20-23/h2-6,8-10,12-16,18,20H,7,11,17,34H2,1H3. The van der Waals surface area contributed by atoms with Gasteiger partial charge in [-0.2, -0.15) is 5.26 Å². The van der Waals surface area contributed by atoms with Crippen LogP contribution in [0.15, 0.2) is 91.1 Å². The Bertz CT molecular complexity index is 1830. The van der Waals surface area contributed by atoms with Crippen molar-refractivity contribution in [3.63, 3.8) is 0 Å². The van der Waals surface area contributed by atoms with Crippen molar-refractivity contribution in [1.82, 2.24) is 9.55 Å². The van der Waals surface area contributed by atoms with Crippen LogP contribution in [-0.4, -0.2) is 23.3 Å². The molecule has 2 aromatic heterocycles. The van der Waals surface area contributed by atoms with E-state index in [4.69, 9.17) is 15.5 Å². The topological polar surface area (TPSA) is 76.9 Å². The molecule has 0 unspecified atom stereocenters. The van der Waals surface area contributed by atoms with Crippen LogP contribution in [0, 0.1) is 11.3 Å². The molecule has 0 radical (unpaired) electrons. The predicted molar refractivity (Wildman–Crippen MR) is 151 cm³/mol.